The van der Waals surface area contributed by atoms with E-state index in [1.54, 1.807) is 30.6 Å². The Kier molecular flexibility index (Phi) is 9.22. The molecule has 0 radical (unpaired) electrons. The van der Waals surface area contributed by atoms with E-state index in [1.807, 2.05) is 79.7 Å². The molecule has 5 rings (SSSR count). The quantitative estimate of drug-likeness (QED) is 0.161. The van der Waals surface area contributed by atoms with E-state index in [9.17, 15) is 12.8 Å². The van der Waals surface area contributed by atoms with Gasteiger partial charge in [0.25, 0.3) is 0 Å². The van der Waals surface area contributed by atoms with Crippen LogP contribution >= 0.6 is 0 Å². The molecule has 0 bridgehead atoms. The molecular formula is C34H32FN3O4S. The normalized spacial score (nSPS) is 11.1. The highest BCUT2D eigenvalue weighted by molar-refractivity contribution is 7.92. The summed E-state index contributed by atoms with van der Waals surface area (Å²) in [6.07, 6.45) is 4.62. The summed E-state index contributed by atoms with van der Waals surface area (Å²) in [5, 5.41) is 0. The summed E-state index contributed by atoms with van der Waals surface area (Å²) in [5.41, 5.74) is 4.88. The fraction of sp³-hybridized carbons (Fsp3) is 0.147. The lowest BCUT2D eigenvalue weighted by Crippen LogP contribution is -2.23. The smallest absolute Gasteiger partial charge is 0.229 e. The number of pyridine rings is 1. The van der Waals surface area contributed by atoms with Crippen LogP contribution in [0, 0.1) is 12.7 Å². The highest BCUT2D eigenvalue weighted by Gasteiger charge is 2.16. The Morgan fingerprint density at radius 1 is 0.791 bits per heavy atom. The van der Waals surface area contributed by atoms with E-state index in [0.717, 1.165) is 34.2 Å². The van der Waals surface area contributed by atoms with Crippen LogP contribution in [0.1, 0.15) is 22.3 Å². The number of sulfonamides is 1. The Hall–Kier alpha value is -4.89. The monoisotopic (exact) mass is 597 g/mol. The first-order chi connectivity index (χ1) is 20.7. The fourth-order valence-corrected chi connectivity index (χ4v) is 5.28. The Labute approximate surface area is 251 Å². The number of hydrogen-bond acceptors (Lipinski definition) is 6. The average Bonchev–Trinajstić information content (AvgIpc) is 2.98. The highest BCUT2D eigenvalue weighted by Crippen LogP contribution is 2.31. The van der Waals surface area contributed by atoms with Gasteiger partial charge in [0.15, 0.2) is 0 Å². The van der Waals surface area contributed by atoms with Crippen LogP contribution in [-0.2, 0) is 29.7 Å². The zero-order valence-electron chi connectivity index (χ0n) is 23.9. The van der Waals surface area contributed by atoms with Crippen molar-refractivity contribution in [1.82, 2.24) is 4.98 Å². The molecule has 220 valence electrons. The van der Waals surface area contributed by atoms with Crippen LogP contribution in [0.4, 0.5) is 15.8 Å². The third-order valence-electron chi connectivity index (χ3n) is 6.67. The van der Waals surface area contributed by atoms with Gasteiger partial charge in [0.05, 0.1) is 11.9 Å². The molecule has 1 N–H and O–H groups in total. The summed E-state index contributed by atoms with van der Waals surface area (Å²) < 4.78 is 52.5. The molecule has 43 heavy (non-hydrogen) atoms. The number of rotatable bonds is 12. The number of benzene rings is 4. The van der Waals surface area contributed by atoms with Crippen molar-refractivity contribution < 1.29 is 22.3 Å². The van der Waals surface area contributed by atoms with E-state index in [4.69, 9.17) is 9.47 Å². The van der Waals surface area contributed by atoms with Gasteiger partial charge in [-0.1, -0.05) is 42.5 Å². The largest absolute Gasteiger partial charge is 0.489 e. The zero-order valence-corrected chi connectivity index (χ0v) is 24.7. The van der Waals surface area contributed by atoms with Gasteiger partial charge < -0.3 is 14.4 Å². The lowest BCUT2D eigenvalue weighted by molar-refractivity contribution is 0.304. The fourth-order valence-electron chi connectivity index (χ4n) is 4.66. The second-order valence-corrected chi connectivity index (χ2v) is 11.9. The Morgan fingerprint density at radius 2 is 1.51 bits per heavy atom. The van der Waals surface area contributed by atoms with E-state index in [2.05, 4.69) is 14.6 Å². The van der Waals surface area contributed by atoms with Crippen molar-refractivity contribution in [3.05, 3.63) is 144 Å². The molecule has 0 aliphatic rings. The van der Waals surface area contributed by atoms with E-state index in [1.165, 1.54) is 12.1 Å². The predicted octanol–water partition coefficient (Wildman–Crippen LogP) is 7.48. The van der Waals surface area contributed by atoms with E-state index in [-0.39, 0.29) is 5.82 Å². The first kappa shape index (κ1) is 29.6. The van der Waals surface area contributed by atoms with E-state index >= 15 is 0 Å². The maximum absolute atomic E-state index is 14.0. The molecule has 0 unspecified atom stereocenters. The van der Waals surface area contributed by atoms with E-state index < -0.39 is 10.0 Å². The maximum atomic E-state index is 14.0. The lowest BCUT2D eigenvalue weighted by atomic mass is 10.1. The van der Waals surface area contributed by atoms with E-state index in [0.29, 0.717) is 42.6 Å². The van der Waals surface area contributed by atoms with Crippen LogP contribution in [0.5, 0.6) is 17.2 Å². The topological polar surface area (TPSA) is 80.8 Å². The van der Waals surface area contributed by atoms with Crippen molar-refractivity contribution in [3.8, 4) is 17.2 Å². The average molecular weight is 598 g/mol. The number of aromatic nitrogens is 1. The van der Waals surface area contributed by atoms with Crippen molar-refractivity contribution in [1.29, 1.82) is 0 Å². The second kappa shape index (κ2) is 13.4. The van der Waals surface area contributed by atoms with Crippen molar-refractivity contribution in [2.24, 2.45) is 0 Å². The zero-order chi connectivity index (χ0) is 30.2. The molecular weight excluding hydrogens is 565 g/mol. The number of anilines is 2. The molecule has 0 saturated carbocycles. The molecule has 4 aromatic carbocycles. The molecule has 9 heteroatoms. The maximum Gasteiger partial charge on any atom is 0.229 e. The van der Waals surface area contributed by atoms with Crippen LogP contribution in [0.15, 0.2) is 116 Å². The first-order valence-electron chi connectivity index (χ1n) is 13.7. The molecule has 0 aliphatic heterocycles. The van der Waals surface area contributed by atoms with Crippen LogP contribution in [0.25, 0.3) is 0 Å². The van der Waals surface area contributed by atoms with Gasteiger partial charge in [0, 0.05) is 42.8 Å². The third kappa shape index (κ3) is 8.56. The standard InChI is InChI=1S/C34H32FN3O4S/c1-25-33(37-43(2,39)40)12-5-13-34(25)38(23-27-7-3-9-29(35)19-27)22-26-14-16-30(17-15-26)42-32-11-4-10-31(20-32)41-24-28-8-6-18-36-21-28/h3-21,37H,22-24H2,1-2H3. The molecule has 1 heterocycles. The lowest BCUT2D eigenvalue weighted by Gasteiger charge is -2.28. The molecule has 0 fully saturated rings. The minimum Gasteiger partial charge on any atom is -0.489 e. The highest BCUT2D eigenvalue weighted by atomic mass is 32.2. The third-order valence-corrected chi connectivity index (χ3v) is 7.26. The van der Waals surface area contributed by atoms with Gasteiger partial charge in [-0.15, -0.1) is 0 Å². The summed E-state index contributed by atoms with van der Waals surface area (Å²) in [7, 11) is -3.46. The van der Waals surface area contributed by atoms with Crippen LogP contribution in [-0.4, -0.2) is 19.7 Å². The summed E-state index contributed by atoms with van der Waals surface area (Å²) in [5.74, 6) is 1.69. The summed E-state index contributed by atoms with van der Waals surface area (Å²) in [6.45, 7) is 3.19. The SMILES string of the molecule is Cc1c(NS(C)(=O)=O)cccc1N(Cc1ccc(Oc2cccc(OCc3cccnc3)c2)cc1)Cc1cccc(F)c1. The molecule has 7 nitrogen and oxygen atoms in total. The van der Waals surface area contributed by atoms with Crippen LogP contribution in [0.2, 0.25) is 0 Å². The Balaban J connectivity index is 1.32. The summed E-state index contributed by atoms with van der Waals surface area (Å²) in [6, 6.07) is 31.0. The van der Waals surface area contributed by atoms with Crippen molar-refractivity contribution >= 4 is 21.4 Å². The Morgan fingerprint density at radius 3 is 2.26 bits per heavy atom. The number of nitrogens with one attached hydrogen (secondary N) is 1. The van der Waals surface area contributed by atoms with Gasteiger partial charge in [-0.2, -0.15) is 0 Å². The van der Waals surface area contributed by atoms with Gasteiger partial charge in [0.2, 0.25) is 10.0 Å². The molecule has 0 aliphatic carbocycles. The van der Waals surface area contributed by atoms with Gasteiger partial charge in [-0.3, -0.25) is 9.71 Å². The van der Waals surface area contributed by atoms with Gasteiger partial charge in [0.1, 0.15) is 29.7 Å². The van der Waals surface area contributed by atoms with Crippen molar-refractivity contribution in [2.75, 3.05) is 15.9 Å². The Bertz CT molecular complexity index is 1780. The number of nitrogens with zero attached hydrogens (tertiary/aromatic N) is 2. The van der Waals surface area contributed by atoms with Crippen molar-refractivity contribution in [2.45, 2.75) is 26.6 Å². The molecule has 5 aromatic rings. The molecule has 0 saturated heterocycles. The molecule has 1 aromatic heterocycles. The van der Waals surface area contributed by atoms with Gasteiger partial charge >= 0.3 is 0 Å². The summed E-state index contributed by atoms with van der Waals surface area (Å²) >= 11 is 0. The summed E-state index contributed by atoms with van der Waals surface area (Å²) in [4.78, 5) is 6.20. The molecule has 0 spiro atoms. The molecule has 0 amide bonds. The predicted molar refractivity (Wildman–Crippen MR) is 167 cm³/mol. The first-order valence-corrected chi connectivity index (χ1v) is 15.6. The number of hydrogen-bond donors (Lipinski definition) is 1. The minimum atomic E-state index is -3.46. The molecule has 0 atom stereocenters. The van der Waals surface area contributed by atoms with Crippen LogP contribution in [0.3, 0.4) is 0 Å². The second-order valence-electron chi connectivity index (χ2n) is 10.2. The minimum absolute atomic E-state index is 0.310. The van der Waals surface area contributed by atoms with Gasteiger partial charge in [-0.25, -0.2) is 12.8 Å². The number of ether oxygens (including phenoxy) is 2. The number of halogens is 1. The van der Waals surface area contributed by atoms with Crippen molar-refractivity contribution in [3.63, 3.8) is 0 Å². The van der Waals surface area contributed by atoms with Gasteiger partial charge in [-0.05, 0) is 78.2 Å². The van der Waals surface area contributed by atoms with Crippen LogP contribution < -0.4 is 19.1 Å².